The van der Waals surface area contributed by atoms with Gasteiger partial charge < -0.3 is 26.6 Å². The Balaban J connectivity index is 7.46. The molecule has 8 heteroatoms. The van der Waals surface area contributed by atoms with E-state index < -0.39 is 61.3 Å². The molecule has 0 aromatic rings. The first kappa shape index (κ1) is 52.7. The van der Waals surface area contributed by atoms with Crippen LogP contribution in [0.3, 0.4) is 0 Å². The monoisotopic (exact) mass is 785 g/mol. The molecular weight excluding hydrogens is 693 g/mol. The number of hydrogen-bond donors (Lipinski definition) is 0. The Kier molecular flexibility index (Phi) is 17.6. The van der Waals surface area contributed by atoms with Crippen molar-refractivity contribution in [3.63, 3.8) is 0 Å². The Labute approximate surface area is 334 Å². The second-order valence-electron chi connectivity index (χ2n) is 22.7. The molecule has 0 fully saturated rings. The van der Waals surface area contributed by atoms with Crippen LogP contribution in [0.4, 0.5) is 0 Å². The maximum atomic E-state index is 7.68. The van der Waals surface area contributed by atoms with Gasteiger partial charge in [-0.2, -0.15) is 0 Å². The molecule has 1 unspecified atom stereocenters. The third kappa shape index (κ3) is 16.6. The molecular formula is C45H92O6Si2. The van der Waals surface area contributed by atoms with Gasteiger partial charge in [-0.15, -0.1) is 13.2 Å². The summed E-state index contributed by atoms with van der Waals surface area (Å²) >= 11 is 0. The molecule has 0 aromatic carbocycles. The standard InChI is InChI=1S/C45H92O6Si2/c1-27-38(12,13)34-43(22,23)52(46-36(6,7)8,47-37(9,10)11)50-42(20,21)32-33-45(26,31-5)51-53(48-40(16,17)29-3,49-41(18,19)30-4)44(24,25)35-39(14,15)28-2/h27-28H,1-2,29-35H2,3-26H3. The summed E-state index contributed by atoms with van der Waals surface area (Å²) in [6.07, 6.45) is 9.58. The van der Waals surface area contributed by atoms with Crippen molar-refractivity contribution in [2.45, 2.75) is 255 Å². The van der Waals surface area contributed by atoms with Crippen LogP contribution < -0.4 is 0 Å². The molecule has 53 heavy (non-hydrogen) atoms. The molecule has 0 N–H and O–H groups in total. The molecule has 0 saturated carbocycles. The SMILES string of the molecule is C=CC(C)(C)CC(C)(C)[Si](OC(C)(C)C)(OC(C)(C)C)OC(C)(C)CCC(C)(CC)O[Si](OC(C)(C)CC)(OC(C)(C)CC)C(C)(C)CC(C)(C)C=C. The first-order valence-electron chi connectivity index (χ1n) is 20.6. The lowest BCUT2D eigenvalue weighted by atomic mass is 9.84. The fourth-order valence-electron chi connectivity index (χ4n) is 6.88. The molecule has 1 atom stereocenters. The van der Waals surface area contributed by atoms with Crippen molar-refractivity contribution in [3.05, 3.63) is 25.3 Å². The van der Waals surface area contributed by atoms with E-state index in [1.165, 1.54) is 0 Å². The molecule has 0 aromatic heterocycles. The van der Waals surface area contributed by atoms with Crippen LogP contribution in [0, 0.1) is 10.8 Å². The highest BCUT2D eigenvalue weighted by Gasteiger charge is 2.64. The Morgan fingerprint density at radius 2 is 0.698 bits per heavy atom. The molecule has 0 bridgehead atoms. The Bertz CT molecular complexity index is 1130. The van der Waals surface area contributed by atoms with E-state index in [2.05, 4.69) is 185 Å². The highest BCUT2D eigenvalue weighted by molar-refractivity contribution is 6.65. The maximum Gasteiger partial charge on any atom is 0.508 e. The minimum atomic E-state index is -3.52. The van der Waals surface area contributed by atoms with Crippen LogP contribution >= 0.6 is 0 Å². The third-order valence-electron chi connectivity index (χ3n) is 10.8. The summed E-state index contributed by atoms with van der Waals surface area (Å²) in [6.45, 7) is 60.8. The molecule has 0 radical (unpaired) electrons. The van der Waals surface area contributed by atoms with Crippen molar-refractivity contribution in [2.75, 3.05) is 0 Å². The summed E-state index contributed by atoms with van der Waals surface area (Å²) in [7, 11) is -7.01. The van der Waals surface area contributed by atoms with Gasteiger partial charge in [-0.05, 0) is 146 Å². The van der Waals surface area contributed by atoms with Gasteiger partial charge in [0.05, 0.1) is 33.6 Å². The van der Waals surface area contributed by atoms with Crippen molar-refractivity contribution in [2.24, 2.45) is 10.8 Å². The van der Waals surface area contributed by atoms with Crippen LogP contribution in [-0.2, 0) is 26.6 Å². The topological polar surface area (TPSA) is 55.4 Å². The van der Waals surface area contributed by atoms with Gasteiger partial charge in [0, 0.05) is 10.1 Å². The Morgan fingerprint density at radius 3 is 0.962 bits per heavy atom. The second kappa shape index (κ2) is 17.7. The average Bonchev–Trinajstić information content (AvgIpc) is 2.92. The second-order valence-corrected chi connectivity index (χ2v) is 28.9. The molecule has 0 aliphatic rings. The summed E-state index contributed by atoms with van der Waals surface area (Å²) in [5.41, 5.74) is -3.37. The predicted octanol–water partition coefficient (Wildman–Crippen LogP) is 14.4. The van der Waals surface area contributed by atoms with E-state index in [1.807, 2.05) is 6.08 Å². The molecule has 0 aliphatic carbocycles. The minimum Gasteiger partial charge on any atom is -0.368 e. The summed E-state index contributed by atoms with van der Waals surface area (Å²) in [4.78, 5) is 0. The molecule has 316 valence electrons. The predicted molar refractivity (Wildman–Crippen MR) is 234 cm³/mol. The molecule has 0 spiro atoms. The fraction of sp³-hybridized carbons (Fsp3) is 0.911. The molecule has 0 saturated heterocycles. The summed E-state index contributed by atoms with van der Waals surface area (Å²) in [5.74, 6) is 0. The molecule has 0 amide bonds. The van der Waals surface area contributed by atoms with Crippen LogP contribution in [0.5, 0.6) is 0 Å². The van der Waals surface area contributed by atoms with Gasteiger partial charge in [0.2, 0.25) is 0 Å². The third-order valence-corrected chi connectivity index (χ3v) is 19.4. The van der Waals surface area contributed by atoms with Crippen molar-refractivity contribution >= 4 is 17.6 Å². The quantitative estimate of drug-likeness (QED) is 0.0718. The number of rotatable bonds is 24. The maximum absolute atomic E-state index is 7.68. The lowest BCUT2D eigenvalue weighted by Gasteiger charge is -2.54. The minimum absolute atomic E-state index is 0.147. The van der Waals surface area contributed by atoms with E-state index in [4.69, 9.17) is 26.6 Å². The zero-order valence-corrected chi connectivity index (χ0v) is 42.0. The van der Waals surface area contributed by atoms with Crippen LogP contribution in [0.15, 0.2) is 25.3 Å². The largest absolute Gasteiger partial charge is 0.508 e. The van der Waals surface area contributed by atoms with Gasteiger partial charge in [-0.25, -0.2) is 0 Å². The van der Waals surface area contributed by atoms with E-state index >= 15 is 0 Å². The zero-order valence-electron chi connectivity index (χ0n) is 40.0. The van der Waals surface area contributed by atoms with Crippen molar-refractivity contribution in [3.8, 4) is 0 Å². The normalized spacial score (nSPS) is 16.5. The van der Waals surface area contributed by atoms with Crippen molar-refractivity contribution in [1.29, 1.82) is 0 Å². The molecule has 0 aliphatic heterocycles. The zero-order chi connectivity index (χ0) is 42.6. The van der Waals surface area contributed by atoms with Gasteiger partial charge in [0.25, 0.3) is 0 Å². The van der Waals surface area contributed by atoms with Gasteiger partial charge in [0.15, 0.2) is 0 Å². The molecule has 0 rings (SSSR count). The lowest BCUT2D eigenvalue weighted by molar-refractivity contribution is -0.122. The lowest BCUT2D eigenvalue weighted by Crippen LogP contribution is -2.65. The number of hydrogen-bond acceptors (Lipinski definition) is 6. The molecule has 0 heterocycles. The van der Waals surface area contributed by atoms with E-state index in [0.717, 1.165) is 38.5 Å². The smallest absolute Gasteiger partial charge is 0.368 e. The van der Waals surface area contributed by atoms with E-state index in [0.29, 0.717) is 6.42 Å². The fourth-order valence-corrected chi connectivity index (χ4v) is 15.2. The van der Waals surface area contributed by atoms with E-state index in [-0.39, 0.29) is 10.8 Å². The van der Waals surface area contributed by atoms with Crippen LogP contribution in [0.25, 0.3) is 0 Å². The van der Waals surface area contributed by atoms with Crippen LogP contribution in [0.2, 0.25) is 10.1 Å². The van der Waals surface area contributed by atoms with Gasteiger partial charge in [-0.1, -0.05) is 88.3 Å². The van der Waals surface area contributed by atoms with Gasteiger partial charge >= 0.3 is 17.6 Å². The van der Waals surface area contributed by atoms with Gasteiger partial charge in [0.1, 0.15) is 0 Å². The van der Waals surface area contributed by atoms with Crippen molar-refractivity contribution in [1.82, 2.24) is 0 Å². The van der Waals surface area contributed by atoms with Crippen molar-refractivity contribution < 1.29 is 26.6 Å². The first-order valence-corrected chi connectivity index (χ1v) is 24.1. The average molecular weight is 785 g/mol. The highest BCUT2D eigenvalue weighted by Crippen LogP contribution is 2.55. The van der Waals surface area contributed by atoms with Crippen LogP contribution in [0.1, 0.15) is 211 Å². The van der Waals surface area contributed by atoms with Crippen LogP contribution in [-0.4, -0.2) is 51.2 Å². The first-order chi connectivity index (χ1) is 23.2. The summed E-state index contributed by atoms with van der Waals surface area (Å²) < 4.78 is 44.2. The molecule has 6 nitrogen and oxygen atoms in total. The van der Waals surface area contributed by atoms with Gasteiger partial charge in [-0.3, -0.25) is 0 Å². The summed E-state index contributed by atoms with van der Waals surface area (Å²) in [6, 6.07) is 0. The summed E-state index contributed by atoms with van der Waals surface area (Å²) in [5, 5.41) is -0.868. The highest BCUT2D eigenvalue weighted by atomic mass is 28.4. The van der Waals surface area contributed by atoms with E-state index in [9.17, 15) is 0 Å². The Hall–Kier alpha value is -0.326. The number of allylic oxidation sites excluding steroid dienone is 2. The Morgan fingerprint density at radius 1 is 0.396 bits per heavy atom. The van der Waals surface area contributed by atoms with E-state index in [1.54, 1.807) is 0 Å².